The number of nitrogens with zero attached hydrogens (tertiary/aromatic N) is 5. The average Bonchev–Trinajstić information content (AvgIpc) is 3.08. The Hall–Kier alpha value is -2.06. The molecule has 0 aliphatic rings. The molecule has 0 amide bonds. The highest BCUT2D eigenvalue weighted by Gasteiger charge is 2.15. The number of benzene rings is 1. The fourth-order valence-electron chi connectivity index (χ4n) is 1.95. The number of nitrogens with two attached hydrogens (primary N) is 1. The molecule has 0 atom stereocenters. The Morgan fingerprint density at radius 3 is 3.00 bits per heavy atom. The van der Waals surface area contributed by atoms with E-state index < -0.39 is 0 Å². The van der Waals surface area contributed by atoms with Crippen molar-refractivity contribution in [3.63, 3.8) is 0 Å². The predicted molar refractivity (Wildman–Crippen MR) is 80.2 cm³/mol. The van der Waals surface area contributed by atoms with Crippen molar-refractivity contribution < 1.29 is 4.52 Å². The van der Waals surface area contributed by atoms with Crippen LogP contribution < -0.4 is 5.73 Å². The van der Waals surface area contributed by atoms with E-state index in [4.69, 9.17) is 10.3 Å². The molecule has 3 aromatic rings. The highest BCUT2D eigenvalue weighted by atomic mass is 79.9. The van der Waals surface area contributed by atoms with Crippen LogP contribution in [0.5, 0.6) is 0 Å². The van der Waals surface area contributed by atoms with Gasteiger partial charge < -0.3 is 10.3 Å². The maximum Gasteiger partial charge on any atom is 0.280 e. The molecule has 108 valence electrons. The normalized spacial score (nSPS) is 11.0. The standard InChI is InChI=1S/C13H13BrN6O/c1-8-6-9(14)2-3-10(8)12-16-13(21-18-12)11-7-20(5-4-15)19-17-11/h2-3,6-7H,4-5,15H2,1H3. The second-order valence-electron chi connectivity index (χ2n) is 4.54. The summed E-state index contributed by atoms with van der Waals surface area (Å²) in [5, 5.41) is 12.0. The van der Waals surface area contributed by atoms with Crippen molar-refractivity contribution in [2.24, 2.45) is 5.73 Å². The molecule has 2 heterocycles. The van der Waals surface area contributed by atoms with Gasteiger partial charge in [0.1, 0.15) is 0 Å². The Morgan fingerprint density at radius 2 is 2.24 bits per heavy atom. The zero-order chi connectivity index (χ0) is 14.8. The summed E-state index contributed by atoms with van der Waals surface area (Å²) < 4.78 is 7.92. The summed E-state index contributed by atoms with van der Waals surface area (Å²) in [6, 6.07) is 5.89. The summed E-state index contributed by atoms with van der Waals surface area (Å²) in [6.45, 7) is 3.09. The third kappa shape index (κ3) is 2.86. The maximum absolute atomic E-state index is 5.47. The van der Waals surface area contributed by atoms with Crippen LogP contribution in [-0.2, 0) is 6.54 Å². The Balaban J connectivity index is 1.91. The number of aromatic nitrogens is 5. The number of hydrogen-bond acceptors (Lipinski definition) is 6. The van der Waals surface area contributed by atoms with Crippen LogP contribution in [-0.4, -0.2) is 31.7 Å². The lowest BCUT2D eigenvalue weighted by Gasteiger charge is -2.00. The van der Waals surface area contributed by atoms with Gasteiger partial charge in [-0.3, -0.25) is 4.68 Å². The number of rotatable bonds is 4. The van der Waals surface area contributed by atoms with Crippen LogP contribution in [0.2, 0.25) is 0 Å². The molecule has 1 aromatic carbocycles. The van der Waals surface area contributed by atoms with E-state index in [-0.39, 0.29) is 0 Å². The topological polar surface area (TPSA) is 95.7 Å². The van der Waals surface area contributed by atoms with Crippen LogP contribution in [0, 0.1) is 6.92 Å². The molecule has 7 nitrogen and oxygen atoms in total. The van der Waals surface area contributed by atoms with Gasteiger partial charge in [0, 0.05) is 16.6 Å². The number of halogens is 1. The molecule has 0 saturated heterocycles. The molecule has 0 fully saturated rings. The molecule has 0 bridgehead atoms. The second kappa shape index (κ2) is 5.74. The monoisotopic (exact) mass is 348 g/mol. The average molecular weight is 349 g/mol. The van der Waals surface area contributed by atoms with E-state index in [0.29, 0.717) is 30.5 Å². The highest BCUT2D eigenvalue weighted by Crippen LogP contribution is 2.25. The highest BCUT2D eigenvalue weighted by molar-refractivity contribution is 9.10. The summed E-state index contributed by atoms with van der Waals surface area (Å²) in [7, 11) is 0. The van der Waals surface area contributed by atoms with Gasteiger partial charge in [0.15, 0.2) is 5.69 Å². The van der Waals surface area contributed by atoms with Crippen molar-refractivity contribution in [1.82, 2.24) is 25.1 Å². The second-order valence-corrected chi connectivity index (χ2v) is 5.45. The fourth-order valence-corrected chi connectivity index (χ4v) is 2.43. The Kier molecular flexibility index (Phi) is 3.80. The molecule has 2 aromatic heterocycles. The van der Waals surface area contributed by atoms with Gasteiger partial charge in [0.05, 0.1) is 12.7 Å². The van der Waals surface area contributed by atoms with Gasteiger partial charge in [0.2, 0.25) is 5.82 Å². The first-order chi connectivity index (χ1) is 10.2. The van der Waals surface area contributed by atoms with Crippen LogP contribution in [0.1, 0.15) is 5.56 Å². The molecule has 2 N–H and O–H groups in total. The van der Waals surface area contributed by atoms with E-state index in [1.165, 1.54) is 0 Å². The molecule has 0 spiro atoms. The van der Waals surface area contributed by atoms with Crippen LogP contribution in [0.3, 0.4) is 0 Å². The lowest BCUT2D eigenvalue weighted by molar-refractivity contribution is 0.431. The van der Waals surface area contributed by atoms with Crippen molar-refractivity contribution in [3.8, 4) is 23.0 Å². The Bertz CT molecular complexity index is 766. The zero-order valence-electron chi connectivity index (χ0n) is 11.3. The van der Waals surface area contributed by atoms with Crippen molar-refractivity contribution in [1.29, 1.82) is 0 Å². The predicted octanol–water partition coefficient (Wildman–Crippen LogP) is 2.02. The van der Waals surface area contributed by atoms with Crippen molar-refractivity contribution in [3.05, 3.63) is 34.4 Å². The van der Waals surface area contributed by atoms with Crippen molar-refractivity contribution in [2.45, 2.75) is 13.5 Å². The van der Waals surface area contributed by atoms with E-state index in [2.05, 4.69) is 36.4 Å². The van der Waals surface area contributed by atoms with E-state index in [0.717, 1.165) is 15.6 Å². The third-order valence-electron chi connectivity index (χ3n) is 2.97. The third-order valence-corrected chi connectivity index (χ3v) is 3.46. The van der Waals surface area contributed by atoms with E-state index in [9.17, 15) is 0 Å². The van der Waals surface area contributed by atoms with Gasteiger partial charge in [-0.15, -0.1) is 5.10 Å². The molecule has 3 rings (SSSR count). The molecular weight excluding hydrogens is 336 g/mol. The minimum Gasteiger partial charge on any atom is -0.332 e. The van der Waals surface area contributed by atoms with Gasteiger partial charge in [-0.1, -0.05) is 26.3 Å². The van der Waals surface area contributed by atoms with Gasteiger partial charge >= 0.3 is 0 Å². The summed E-state index contributed by atoms with van der Waals surface area (Å²) in [5.74, 6) is 0.874. The lowest BCUT2D eigenvalue weighted by atomic mass is 10.1. The Labute approximate surface area is 129 Å². The van der Waals surface area contributed by atoms with E-state index in [1.807, 2.05) is 25.1 Å². The lowest BCUT2D eigenvalue weighted by Crippen LogP contribution is -2.10. The molecule has 21 heavy (non-hydrogen) atoms. The zero-order valence-corrected chi connectivity index (χ0v) is 12.9. The molecule has 0 aliphatic heterocycles. The van der Waals surface area contributed by atoms with Crippen molar-refractivity contribution in [2.75, 3.05) is 6.54 Å². The molecule has 0 saturated carbocycles. The summed E-state index contributed by atoms with van der Waals surface area (Å²) in [5.41, 5.74) is 7.99. The molecule has 0 radical (unpaired) electrons. The number of aryl methyl sites for hydroxylation is 1. The maximum atomic E-state index is 5.47. The fraction of sp³-hybridized carbons (Fsp3) is 0.231. The van der Waals surface area contributed by atoms with Gasteiger partial charge in [-0.05, 0) is 30.7 Å². The van der Waals surface area contributed by atoms with Gasteiger partial charge in [0.25, 0.3) is 5.89 Å². The summed E-state index contributed by atoms with van der Waals surface area (Å²) in [6.07, 6.45) is 1.73. The summed E-state index contributed by atoms with van der Waals surface area (Å²) >= 11 is 3.43. The van der Waals surface area contributed by atoms with Crippen LogP contribution in [0.15, 0.2) is 33.4 Å². The van der Waals surface area contributed by atoms with E-state index >= 15 is 0 Å². The first kappa shape index (κ1) is 13.9. The van der Waals surface area contributed by atoms with Gasteiger partial charge in [-0.25, -0.2) is 0 Å². The number of hydrogen-bond donors (Lipinski definition) is 1. The summed E-state index contributed by atoms with van der Waals surface area (Å²) in [4.78, 5) is 4.37. The smallest absolute Gasteiger partial charge is 0.280 e. The largest absolute Gasteiger partial charge is 0.332 e. The van der Waals surface area contributed by atoms with Crippen LogP contribution >= 0.6 is 15.9 Å². The van der Waals surface area contributed by atoms with E-state index in [1.54, 1.807) is 10.9 Å². The molecule has 0 aliphatic carbocycles. The van der Waals surface area contributed by atoms with Crippen molar-refractivity contribution >= 4 is 15.9 Å². The first-order valence-corrected chi connectivity index (χ1v) is 7.17. The first-order valence-electron chi connectivity index (χ1n) is 6.38. The molecule has 0 unspecified atom stereocenters. The quantitative estimate of drug-likeness (QED) is 0.774. The Morgan fingerprint density at radius 1 is 1.38 bits per heavy atom. The minimum atomic E-state index is 0.343. The van der Waals surface area contributed by atoms with Gasteiger partial charge in [-0.2, -0.15) is 4.98 Å². The molecule has 8 heteroatoms. The van der Waals surface area contributed by atoms with Crippen LogP contribution in [0.25, 0.3) is 23.0 Å². The minimum absolute atomic E-state index is 0.343. The SMILES string of the molecule is Cc1cc(Br)ccc1-c1noc(-c2cn(CCN)nn2)n1. The molecular formula is C13H13BrN6O. The van der Waals surface area contributed by atoms with Crippen LogP contribution in [0.4, 0.5) is 0 Å².